The minimum absolute atomic E-state index is 0.0959. The molecule has 1 aliphatic heterocycles. The number of nitrogens with zero attached hydrogens (tertiary/aromatic N) is 1. The van der Waals surface area contributed by atoms with Crippen LogP contribution in [-0.2, 0) is 6.42 Å². The van der Waals surface area contributed by atoms with Gasteiger partial charge < -0.3 is 20.1 Å². The third-order valence-electron chi connectivity index (χ3n) is 4.63. The van der Waals surface area contributed by atoms with Crippen molar-refractivity contribution >= 4 is 11.6 Å². The van der Waals surface area contributed by atoms with Crippen LogP contribution in [0.2, 0.25) is 0 Å². The molecule has 6 heteroatoms. The van der Waals surface area contributed by atoms with E-state index in [1.165, 1.54) is 5.56 Å². The van der Waals surface area contributed by atoms with Crippen molar-refractivity contribution in [3.8, 4) is 17.4 Å². The highest BCUT2D eigenvalue weighted by atomic mass is 16.5. The number of nitrogens with one attached hydrogen (secondary N) is 3. The van der Waals surface area contributed by atoms with Crippen LogP contribution in [-0.4, -0.2) is 18.0 Å². The number of aryl methyl sites for hydroxylation is 1. The largest absolute Gasteiger partial charge is 0.485 e. The number of guanidine groups is 1. The summed E-state index contributed by atoms with van der Waals surface area (Å²) in [4.78, 5) is 4.28. The molecule has 0 amide bonds. The van der Waals surface area contributed by atoms with Gasteiger partial charge in [-0.2, -0.15) is 0 Å². The number of rotatable bonds is 4. The maximum atomic E-state index is 7.57. The van der Waals surface area contributed by atoms with Gasteiger partial charge in [-0.3, -0.25) is 5.41 Å². The Bertz CT molecular complexity index is 958. The van der Waals surface area contributed by atoms with Gasteiger partial charge in [0.25, 0.3) is 0 Å². The van der Waals surface area contributed by atoms with E-state index in [9.17, 15) is 0 Å². The van der Waals surface area contributed by atoms with Crippen molar-refractivity contribution in [3.05, 3.63) is 78.0 Å². The highest BCUT2D eigenvalue weighted by molar-refractivity contribution is 5.90. The fourth-order valence-corrected chi connectivity index (χ4v) is 3.17. The summed E-state index contributed by atoms with van der Waals surface area (Å²) in [7, 11) is 1.68. The summed E-state index contributed by atoms with van der Waals surface area (Å²) < 4.78 is 12.1. The maximum Gasteiger partial charge on any atom is 0.219 e. The predicted octanol–water partition coefficient (Wildman–Crippen LogP) is 4.51. The van der Waals surface area contributed by atoms with Gasteiger partial charge >= 0.3 is 0 Å². The van der Waals surface area contributed by atoms with E-state index >= 15 is 0 Å². The molecule has 0 saturated heterocycles. The number of hydrogen-bond acceptors (Lipinski definition) is 4. The van der Waals surface area contributed by atoms with E-state index < -0.39 is 0 Å². The fraction of sp³-hybridized carbons (Fsp3) is 0.182. The normalized spacial score (nSPS) is 15.1. The second-order valence-corrected chi connectivity index (χ2v) is 6.56. The van der Waals surface area contributed by atoms with Crippen LogP contribution >= 0.6 is 0 Å². The first-order valence-corrected chi connectivity index (χ1v) is 9.23. The quantitative estimate of drug-likeness (QED) is 0.463. The SMILES string of the molecule is CNC(=N)Nc1ccc(Oc2ccc3c(c2)CCC(c2ccccc2)O3)nc1. The standard InChI is InChI=1S/C22H22N4O2/c1-24-22(23)26-17-8-12-21(25-14-17)27-18-9-11-20-16(13-18)7-10-19(28-20)15-5-3-2-4-6-15/h2-6,8-9,11-14,19H,7,10H2,1H3,(H3,23,24,26). The molecule has 1 aromatic heterocycles. The minimum Gasteiger partial charge on any atom is -0.485 e. The van der Waals surface area contributed by atoms with Crippen LogP contribution in [0.5, 0.6) is 17.4 Å². The van der Waals surface area contributed by atoms with Crippen LogP contribution in [0, 0.1) is 5.41 Å². The van der Waals surface area contributed by atoms with Crippen LogP contribution in [0.3, 0.4) is 0 Å². The summed E-state index contributed by atoms with van der Waals surface area (Å²) in [5.41, 5.74) is 3.07. The number of fused-ring (bicyclic) bond motifs is 1. The number of benzene rings is 2. The third-order valence-corrected chi connectivity index (χ3v) is 4.63. The Hall–Kier alpha value is -3.54. The van der Waals surface area contributed by atoms with E-state index in [-0.39, 0.29) is 12.1 Å². The zero-order chi connectivity index (χ0) is 19.3. The molecule has 1 unspecified atom stereocenters. The molecule has 142 valence electrons. The van der Waals surface area contributed by atoms with Crippen molar-refractivity contribution in [2.24, 2.45) is 0 Å². The van der Waals surface area contributed by atoms with E-state index in [2.05, 4.69) is 27.8 Å². The summed E-state index contributed by atoms with van der Waals surface area (Å²) >= 11 is 0. The molecule has 0 bridgehead atoms. The van der Waals surface area contributed by atoms with Crippen molar-refractivity contribution in [2.45, 2.75) is 18.9 Å². The van der Waals surface area contributed by atoms with Crippen LogP contribution < -0.4 is 20.1 Å². The second-order valence-electron chi connectivity index (χ2n) is 6.56. The Morgan fingerprint density at radius 1 is 1.14 bits per heavy atom. The van der Waals surface area contributed by atoms with Crippen LogP contribution in [0.4, 0.5) is 5.69 Å². The minimum atomic E-state index is 0.0959. The Balaban J connectivity index is 1.43. The molecule has 2 aromatic carbocycles. The Morgan fingerprint density at radius 3 is 2.75 bits per heavy atom. The molecule has 3 aromatic rings. The molecule has 1 aliphatic rings. The first-order chi connectivity index (χ1) is 13.7. The second kappa shape index (κ2) is 8.00. The summed E-state index contributed by atoms with van der Waals surface area (Å²) in [5.74, 6) is 2.35. The highest BCUT2D eigenvalue weighted by Gasteiger charge is 2.21. The first-order valence-electron chi connectivity index (χ1n) is 9.23. The van der Waals surface area contributed by atoms with Gasteiger partial charge in [0.05, 0.1) is 11.9 Å². The highest BCUT2D eigenvalue weighted by Crippen LogP contribution is 2.37. The lowest BCUT2D eigenvalue weighted by atomic mass is 9.97. The first kappa shape index (κ1) is 17.9. The summed E-state index contributed by atoms with van der Waals surface area (Å²) in [5, 5.41) is 13.2. The lowest BCUT2D eigenvalue weighted by Crippen LogP contribution is -2.25. The molecule has 0 radical (unpaired) electrons. The lowest BCUT2D eigenvalue weighted by Gasteiger charge is -2.26. The van der Waals surface area contributed by atoms with Gasteiger partial charge in [-0.15, -0.1) is 0 Å². The molecule has 1 atom stereocenters. The average molecular weight is 374 g/mol. The lowest BCUT2D eigenvalue weighted by molar-refractivity contribution is 0.176. The monoisotopic (exact) mass is 374 g/mol. The van der Waals surface area contributed by atoms with Crippen molar-refractivity contribution in [2.75, 3.05) is 12.4 Å². The van der Waals surface area contributed by atoms with Gasteiger partial charge in [0.15, 0.2) is 5.96 Å². The molecule has 6 nitrogen and oxygen atoms in total. The van der Waals surface area contributed by atoms with Gasteiger partial charge in [0.2, 0.25) is 5.88 Å². The fourth-order valence-electron chi connectivity index (χ4n) is 3.17. The molecular weight excluding hydrogens is 352 g/mol. The topological polar surface area (TPSA) is 79.3 Å². The van der Waals surface area contributed by atoms with Gasteiger partial charge in [-0.05, 0) is 48.2 Å². The molecule has 2 heterocycles. The van der Waals surface area contributed by atoms with Crippen LogP contribution in [0.15, 0.2) is 66.9 Å². The molecule has 0 fully saturated rings. The Morgan fingerprint density at radius 2 is 2.00 bits per heavy atom. The number of anilines is 1. The van der Waals surface area contributed by atoms with E-state index in [0.717, 1.165) is 35.6 Å². The van der Waals surface area contributed by atoms with Crippen LogP contribution in [0.25, 0.3) is 0 Å². The summed E-state index contributed by atoms with van der Waals surface area (Å²) in [6.07, 6.45) is 3.61. The maximum absolute atomic E-state index is 7.57. The average Bonchev–Trinajstić information content (AvgIpc) is 2.75. The van der Waals surface area contributed by atoms with E-state index in [0.29, 0.717) is 5.88 Å². The number of pyridine rings is 1. The Kier molecular flexibility index (Phi) is 5.10. The molecular formula is C22H22N4O2. The number of aromatic nitrogens is 1. The molecule has 28 heavy (non-hydrogen) atoms. The molecule has 0 saturated carbocycles. The van der Waals surface area contributed by atoms with Gasteiger partial charge in [-0.1, -0.05) is 30.3 Å². The molecule has 3 N–H and O–H groups in total. The zero-order valence-corrected chi connectivity index (χ0v) is 15.6. The Labute approximate surface area is 164 Å². The number of hydrogen-bond donors (Lipinski definition) is 3. The number of ether oxygens (including phenoxy) is 2. The molecule has 0 aliphatic carbocycles. The van der Waals surface area contributed by atoms with E-state index in [4.69, 9.17) is 14.9 Å². The van der Waals surface area contributed by atoms with Crippen LogP contribution in [0.1, 0.15) is 23.7 Å². The summed E-state index contributed by atoms with van der Waals surface area (Å²) in [6.45, 7) is 0. The van der Waals surface area contributed by atoms with Gasteiger partial charge in [0.1, 0.15) is 17.6 Å². The summed E-state index contributed by atoms with van der Waals surface area (Å²) in [6, 6.07) is 19.8. The van der Waals surface area contributed by atoms with Crippen molar-refractivity contribution in [1.29, 1.82) is 5.41 Å². The molecule has 4 rings (SSSR count). The zero-order valence-electron chi connectivity index (χ0n) is 15.6. The van der Waals surface area contributed by atoms with E-state index in [1.807, 2.05) is 42.5 Å². The van der Waals surface area contributed by atoms with Gasteiger partial charge in [-0.25, -0.2) is 4.98 Å². The predicted molar refractivity (Wildman–Crippen MR) is 109 cm³/mol. The van der Waals surface area contributed by atoms with Crippen molar-refractivity contribution < 1.29 is 9.47 Å². The van der Waals surface area contributed by atoms with Gasteiger partial charge in [0, 0.05) is 13.1 Å². The smallest absolute Gasteiger partial charge is 0.219 e. The molecule has 0 spiro atoms. The third kappa shape index (κ3) is 4.06. The van der Waals surface area contributed by atoms with E-state index in [1.54, 1.807) is 19.3 Å². The van der Waals surface area contributed by atoms with Crippen molar-refractivity contribution in [1.82, 2.24) is 10.3 Å². The van der Waals surface area contributed by atoms with Crippen molar-refractivity contribution in [3.63, 3.8) is 0 Å².